The topological polar surface area (TPSA) is 73.2 Å². The third-order valence-corrected chi connectivity index (χ3v) is 9.20. The molecule has 1 aliphatic heterocycles. The molecule has 1 aliphatic rings. The summed E-state index contributed by atoms with van der Waals surface area (Å²) in [5.41, 5.74) is 3.33. The lowest BCUT2D eigenvalue weighted by molar-refractivity contribution is -0.181. The van der Waals surface area contributed by atoms with Gasteiger partial charge < -0.3 is 15.1 Å². The molecule has 4 atom stereocenters. The van der Waals surface area contributed by atoms with E-state index in [1.54, 1.807) is 23.3 Å². The Bertz CT molecular complexity index is 1390. The Morgan fingerprint density at radius 1 is 1.00 bits per heavy atom. The van der Waals surface area contributed by atoms with Crippen LogP contribution in [0.5, 0.6) is 0 Å². The fourth-order valence-corrected chi connectivity index (χ4v) is 6.92. The number of hydrogen-bond donors (Lipinski definition) is 2. The highest BCUT2D eigenvalue weighted by Gasteiger charge is 2.48. The predicted octanol–water partition coefficient (Wildman–Crippen LogP) is 6.31. The van der Waals surface area contributed by atoms with Crippen LogP contribution in [0, 0.1) is 5.92 Å². The number of thiophene rings is 1. The van der Waals surface area contributed by atoms with E-state index in [4.69, 9.17) is 4.84 Å². The molecule has 1 saturated heterocycles. The fraction of sp³-hybridized carbons (Fsp3) is 0.382. The molecule has 5 rings (SSSR count). The van der Waals surface area contributed by atoms with E-state index in [0.717, 1.165) is 36.9 Å². The normalized spacial score (nSPS) is 20.0. The number of hydrogen-bond acceptors (Lipinski definition) is 7. The molecule has 1 aromatic heterocycles. The number of anilines is 1. The van der Waals surface area contributed by atoms with Crippen molar-refractivity contribution < 1.29 is 19.8 Å². The third-order valence-electron chi connectivity index (χ3n) is 8.03. The minimum absolute atomic E-state index is 0.0592. The number of fused-ring (bicyclic) bond motifs is 1. The van der Waals surface area contributed by atoms with Crippen molar-refractivity contribution in [2.75, 3.05) is 25.1 Å². The molecule has 0 bridgehead atoms. The summed E-state index contributed by atoms with van der Waals surface area (Å²) in [7, 11) is 2.09. The highest BCUT2D eigenvalue weighted by molar-refractivity contribution is 7.22. The van der Waals surface area contributed by atoms with E-state index in [9.17, 15) is 15.0 Å². The van der Waals surface area contributed by atoms with E-state index in [1.807, 2.05) is 30.3 Å². The summed E-state index contributed by atoms with van der Waals surface area (Å²) in [6, 6.07) is 28.6. The molecule has 2 N–H and O–H groups in total. The van der Waals surface area contributed by atoms with Gasteiger partial charge in [0.25, 0.3) is 0 Å². The minimum Gasteiger partial charge on any atom is -0.394 e. The average Bonchev–Trinajstić information content (AvgIpc) is 3.59. The summed E-state index contributed by atoms with van der Waals surface area (Å²) in [4.78, 5) is 23.2. The second kappa shape index (κ2) is 13.7. The lowest BCUT2D eigenvalue weighted by atomic mass is 9.86. The molecule has 0 amide bonds. The smallest absolute Gasteiger partial charge is 0.152 e. The van der Waals surface area contributed by atoms with Gasteiger partial charge in [-0.15, -0.1) is 11.3 Å². The Balaban J connectivity index is 1.24. The van der Waals surface area contributed by atoms with E-state index in [-0.39, 0.29) is 12.4 Å². The van der Waals surface area contributed by atoms with Crippen LogP contribution < -0.4 is 4.90 Å². The summed E-state index contributed by atoms with van der Waals surface area (Å²) in [5.74, 6) is -0.425. The average molecular weight is 573 g/mol. The number of benzene rings is 3. The Morgan fingerprint density at radius 3 is 2.54 bits per heavy atom. The van der Waals surface area contributed by atoms with Gasteiger partial charge in [0.2, 0.25) is 0 Å². The first-order valence-corrected chi connectivity index (χ1v) is 15.4. The highest BCUT2D eigenvalue weighted by atomic mass is 32.1. The lowest BCUT2D eigenvalue weighted by Gasteiger charge is -2.26. The molecule has 0 saturated carbocycles. The number of carbonyl (C=O) groups excluding carboxylic acids is 1. The Morgan fingerprint density at radius 2 is 1.78 bits per heavy atom. The zero-order valence-electron chi connectivity index (χ0n) is 23.9. The molecule has 3 aromatic carbocycles. The number of carbonyl (C=O) groups is 1. The minimum atomic E-state index is -0.782. The molecule has 1 fully saturated rings. The number of hydroxylamine groups is 2. The predicted molar refractivity (Wildman–Crippen MR) is 167 cm³/mol. The number of ketones is 1. The molecule has 0 aliphatic carbocycles. The zero-order chi connectivity index (χ0) is 28.8. The van der Waals surface area contributed by atoms with Gasteiger partial charge in [0.15, 0.2) is 5.78 Å². The van der Waals surface area contributed by atoms with Crippen molar-refractivity contribution in [2.45, 2.75) is 57.4 Å². The largest absolute Gasteiger partial charge is 0.394 e. The second-order valence-electron chi connectivity index (χ2n) is 11.0. The van der Waals surface area contributed by atoms with Crippen LogP contribution in [0.3, 0.4) is 0 Å². The molecular formula is C34H40N2O4S. The second-order valence-corrected chi connectivity index (χ2v) is 12.1. The molecular weight excluding hydrogens is 532 g/mol. The van der Waals surface area contributed by atoms with Gasteiger partial charge in [0, 0.05) is 47.7 Å². The van der Waals surface area contributed by atoms with Crippen LogP contribution >= 0.6 is 11.3 Å². The maximum Gasteiger partial charge on any atom is 0.152 e. The SMILES string of the molecule is CC(O)C1C(CO)ON(Cc2cccc(-c3cc4ccccc4s3)c2)C1C(=O)CCCCCN(C)c1ccccc1. The van der Waals surface area contributed by atoms with Crippen molar-refractivity contribution in [3.8, 4) is 10.4 Å². The van der Waals surface area contributed by atoms with Crippen molar-refractivity contribution in [3.05, 3.63) is 90.5 Å². The molecule has 2 heterocycles. The van der Waals surface area contributed by atoms with Gasteiger partial charge in [-0.25, -0.2) is 0 Å². The van der Waals surface area contributed by atoms with Gasteiger partial charge >= 0.3 is 0 Å². The zero-order valence-corrected chi connectivity index (χ0v) is 24.7. The molecule has 4 unspecified atom stereocenters. The molecule has 4 aromatic rings. The third kappa shape index (κ3) is 7.05. The van der Waals surface area contributed by atoms with Gasteiger partial charge in [-0.2, -0.15) is 5.06 Å². The number of aliphatic hydroxyl groups is 2. The molecule has 41 heavy (non-hydrogen) atoms. The van der Waals surface area contributed by atoms with Crippen LogP contribution in [0.4, 0.5) is 5.69 Å². The van der Waals surface area contributed by atoms with Crippen LogP contribution in [0.1, 0.15) is 38.2 Å². The first-order chi connectivity index (χ1) is 19.9. The van der Waals surface area contributed by atoms with Gasteiger partial charge in [-0.05, 0) is 66.6 Å². The summed E-state index contributed by atoms with van der Waals surface area (Å²) < 4.78 is 1.25. The number of para-hydroxylation sites is 1. The fourth-order valence-electron chi connectivity index (χ4n) is 5.86. The van der Waals surface area contributed by atoms with Crippen LogP contribution in [0.25, 0.3) is 20.5 Å². The van der Waals surface area contributed by atoms with Crippen LogP contribution in [-0.2, 0) is 16.2 Å². The van der Waals surface area contributed by atoms with Gasteiger partial charge in [0.05, 0.1) is 12.7 Å². The quantitative estimate of drug-likeness (QED) is 0.183. The molecule has 0 radical (unpaired) electrons. The van der Waals surface area contributed by atoms with Crippen molar-refractivity contribution >= 4 is 32.9 Å². The maximum atomic E-state index is 13.6. The van der Waals surface area contributed by atoms with E-state index in [1.165, 1.54) is 20.7 Å². The van der Waals surface area contributed by atoms with Crippen LogP contribution in [0.15, 0.2) is 84.9 Å². The molecule has 6 nitrogen and oxygen atoms in total. The highest BCUT2D eigenvalue weighted by Crippen LogP contribution is 2.36. The van der Waals surface area contributed by atoms with Gasteiger partial charge in [0.1, 0.15) is 12.1 Å². The van der Waals surface area contributed by atoms with Gasteiger partial charge in [-0.1, -0.05) is 61.0 Å². The Hall–Kier alpha value is -3.07. The van der Waals surface area contributed by atoms with E-state index >= 15 is 0 Å². The van der Waals surface area contributed by atoms with E-state index in [2.05, 4.69) is 66.5 Å². The molecule has 0 spiro atoms. The standard InChI is InChI=1S/C34H40N2O4S/c1-24(38)33-30(23-37)40-36(34(33)29(39)17-7-4-10-19-35(2)28-15-5-3-6-16-28)22-25-12-11-14-26(20-25)32-21-27-13-8-9-18-31(27)41-32/h3,5-6,8-9,11-16,18,20-21,24,30,33-34,37-38H,4,7,10,17,19,22-23H2,1-2H3. The number of Topliss-reactive ketones (excluding diaryl/α,β-unsaturated/α-hetero) is 1. The molecule has 216 valence electrons. The van der Waals surface area contributed by atoms with Crippen molar-refractivity contribution in [3.63, 3.8) is 0 Å². The monoisotopic (exact) mass is 572 g/mol. The van der Waals surface area contributed by atoms with Crippen LogP contribution in [0.2, 0.25) is 0 Å². The Kier molecular flexibility index (Phi) is 9.85. The number of rotatable bonds is 13. The van der Waals surface area contributed by atoms with Crippen molar-refractivity contribution in [1.29, 1.82) is 0 Å². The summed E-state index contributed by atoms with van der Waals surface area (Å²) in [5, 5.41) is 23.6. The summed E-state index contributed by atoms with van der Waals surface area (Å²) in [6.07, 6.45) is 1.74. The van der Waals surface area contributed by atoms with Gasteiger partial charge in [-0.3, -0.25) is 9.63 Å². The summed E-state index contributed by atoms with van der Waals surface area (Å²) in [6.45, 7) is 2.76. The Labute approximate surface area is 246 Å². The number of aliphatic hydroxyl groups excluding tert-OH is 2. The van der Waals surface area contributed by atoms with E-state index < -0.39 is 24.2 Å². The van der Waals surface area contributed by atoms with E-state index in [0.29, 0.717) is 13.0 Å². The summed E-state index contributed by atoms with van der Waals surface area (Å²) >= 11 is 1.76. The maximum absolute atomic E-state index is 13.6. The van der Waals surface area contributed by atoms with Crippen molar-refractivity contribution in [1.82, 2.24) is 5.06 Å². The number of nitrogens with zero attached hydrogens (tertiary/aromatic N) is 2. The molecule has 7 heteroatoms. The first kappa shape index (κ1) is 29.4. The van der Waals surface area contributed by atoms with Crippen LogP contribution in [-0.4, -0.2) is 59.5 Å². The van der Waals surface area contributed by atoms with Crippen molar-refractivity contribution in [2.24, 2.45) is 5.92 Å². The number of unbranched alkanes of at least 4 members (excludes halogenated alkanes) is 2. The first-order valence-electron chi connectivity index (χ1n) is 14.5. The lowest BCUT2D eigenvalue weighted by Crippen LogP contribution is -2.43.